The number of hydrogen-bond acceptors (Lipinski definition) is 4. The van der Waals surface area contributed by atoms with E-state index in [4.69, 9.17) is 0 Å². The van der Waals surface area contributed by atoms with E-state index in [-0.39, 0.29) is 0 Å². The molecule has 0 saturated carbocycles. The van der Waals surface area contributed by atoms with Gasteiger partial charge in [0.15, 0.2) is 0 Å². The Hall–Kier alpha value is -1.26. The molecule has 78 valence electrons. The summed E-state index contributed by atoms with van der Waals surface area (Å²) in [6.45, 7) is 0.897. The summed E-state index contributed by atoms with van der Waals surface area (Å²) in [5, 5.41) is 4.28. The molecular formula is C11H13N3S. The number of nitrogens with one attached hydrogen (secondary N) is 1. The first-order valence-corrected chi connectivity index (χ1v) is 5.67. The maximum Gasteiger partial charge on any atom is 0.0972 e. The Morgan fingerprint density at radius 3 is 2.87 bits per heavy atom. The Bertz CT molecular complexity index is 411. The summed E-state index contributed by atoms with van der Waals surface area (Å²) in [6.07, 6.45) is 6.48. The number of thiazole rings is 1. The van der Waals surface area contributed by atoms with Gasteiger partial charge < -0.3 is 5.32 Å². The predicted molar refractivity (Wildman–Crippen MR) is 61.9 cm³/mol. The highest BCUT2D eigenvalue weighted by Crippen LogP contribution is 2.16. The van der Waals surface area contributed by atoms with Crippen molar-refractivity contribution in [1.82, 2.24) is 15.3 Å². The van der Waals surface area contributed by atoms with Crippen molar-refractivity contribution < 1.29 is 0 Å². The van der Waals surface area contributed by atoms with Crippen molar-refractivity contribution in [1.29, 1.82) is 0 Å². The quantitative estimate of drug-likeness (QED) is 0.852. The largest absolute Gasteiger partial charge is 0.315 e. The Labute approximate surface area is 93.2 Å². The highest BCUT2D eigenvalue weighted by atomic mass is 32.1. The first-order valence-electron chi connectivity index (χ1n) is 4.85. The van der Waals surface area contributed by atoms with Gasteiger partial charge in [0, 0.05) is 36.4 Å². The summed E-state index contributed by atoms with van der Waals surface area (Å²) in [5.74, 6) is 0. The van der Waals surface area contributed by atoms with Gasteiger partial charge in [-0.2, -0.15) is 0 Å². The lowest BCUT2D eigenvalue weighted by atomic mass is 10.2. The molecule has 1 N–H and O–H groups in total. The summed E-state index contributed by atoms with van der Waals surface area (Å²) in [6, 6.07) is 4.05. The molecule has 0 spiro atoms. The molecule has 0 aromatic carbocycles. The van der Waals surface area contributed by atoms with Crippen molar-refractivity contribution in [3.8, 4) is 0 Å². The zero-order valence-electron chi connectivity index (χ0n) is 8.60. The van der Waals surface area contributed by atoms with Crippen molar-refractivity contribution in [3.63, 3.8) is 0 Å². The monoisotopic (exact) mass is 219 g/mol. The minimum Gasteiger partial charge on any atom is -0.315 e. The predicted octanol–water partition coefficient (Wildman–Crippen LogP) is 1.85. The second-order valence-corrected chi connectivity index (χ2v) is 4.48. The molecule has 0 radical (unpaired) electrons. The van der Waals surface area contributed by atoms with Gasteiger partial charge >= 0.3 is 0 Å². The van der Waals surface area contributed by atoms with Crippen molar-refractivity contribution in [2.75, 3.05) is 7.05 Å². The van der Waals surface area contributed by atoms with Crippen LogP contribution in [0.5, 0.6) is 0 Å². The SMILES string of the molecule is CNCc1cnc(Cc2ccncc2)s1. The van der Waals surface area contributed by atoms with Crippen molar-refractivity contribution in [3.05, 3.63) is 46.2 Å². The highest BCUT2D eigenvalue weighted by Gasteiger charge is 2.02. The van der Waals surface area contributed by atoms with Crippen LogP contribution in [0.4, 0.5) is 0 Å². The van der Waals surface area contributed by atoms with E-state index in [1.54, 1.807) is 11.3 Å². The van der Waals surface area contributed by atoms with Gasteiger partial charge in [0.1, 0.15) is 0 Å². The first kappa shape index (κ1) is 10.3. The molecule has 0 fully saturated rings. The second-order valence-electron chi connectivity index (χ2n) is 3.28. The number of nitrogens with zero attached hydrogens (tertiary/aromatic N) is 2. The third-order valence-electron chi connectivity index (χ3n) is 2.06. The van der Waals surface area contributed by atoms with Gasteiger partial charge in [0.2, 0.25) is 0 Å². The van der Waals surface area contributed by atoms with Gasteiger partial charge in [0.05, 0.1) is 5.01 Å². The van der Waals surface area contributed by atoms with Crippen LogP contribution < -0.4 is 5.32 Å². The van der Waals surface area contributed by atoms with Gasteiger partial charge in [-0.1, -0.05) is 0 Å². The minimum absolute atomic E-state index is 0.897. The van der Waals surface area contributed by atoms with Gasteiger partial charge in [-0.3, -0.25) is 4.98 Å². The lowest BCUT2D eigenvalue weighted by molar-refractivity contribution is 0.829. The smallest absolute Gasteiger partial charge is 0.0972 e. The molecule has 0 amide bonds. The molecule has 0 aliphatic rings. The molecule has 0 saturated heterocycles. The molecule has 15 heavy (non-hydrogen) atoms. The molecule has 0 aliphatic carbocycles. The van der Waals surface area contributed by atoms with Crippen molar-refractivity contribution >= 4 is 11.3 Å². The fraction of sp³-hybridized carbons (Fsp3) is 0.273. The molecule has 0 unspecified atom stereocenters. The van der Waals surface area contributed by atoms with Crippen LogP contribution in [0.25, 0.3) is 0 Å². The molecule has 0 bridgehead atoms. The summed E-state index contributed by atoms with van der Waals surface area (Å²) in [7, 11) is 1.95. The van der Waals surface area contributed by atoms with Gasteiger partial charge in [-0.05, 0) is 24.7 Å². The summed E-state index contributed by atoms with van der Waals surface area (Å²) in [4.78, 5) is 9.66. The zero-order valence-corrected chi connectivity index (χ0v) is 9.42. The van der Waals surface area contributed by atoms with Crippen LogP contribution in [0.2, 0.25) is 0 Å². The Kier molecular flexibility index (Phi) is 3.42. The maximum atomic E-state index is 4.39. The van der Waals surface area contributed by atoms with Crippen LogP contribution in [-0.4, -0.2) is 17.0 Å². The molecule has 2 aromatic rings. The van der Waals surface area contributed by atoms with Gasteiger partial charge in [-0.25, -0.2) is 4.98 Å². The van der Waals surface area contributed by atoms with E-state index in [0.29, 0.717) is 0 Å². The fourth-order valence-corrected chi connectivity index (χ4v) is 2.33. The lowest BCUT2D eigenvalue weighted by Crippen LogP contribution is -2.02. The average molecular weight is 219 g/mol. The molecule has 0 atom stereocenters. The molecule has 3 nitrogen and oxygen atoms in total. The lowest BCUT2D eigenvalue weighted by Gasteiger charge is -1.95. The Balaban J connectivity index is 2.05. The molecular weight excluding hydrogens is 206 g/mol. The summed E-state index contributed by atoms with van der Waals surface area (Å²) < 4.78 is 0. The van der Waals surface area contributed by atoms with E-state index in [1.807, 2.05) is 37.8 Å². The van der Waals surface area contributed by atoms with Crippen LogP contribution in [0, 0.1) is 0 Å². The molecule has 4 heteroatoms. The van der Waals surface area contributed by atoms with E-state index in [1.165, 1.54) is 10.4 Å². The number of aromatic nitrogens is 2. The Morgan fingerprint density at radius 1 is 1.33 bits per heavy atom. The van der Waals surface area contributed by atoms with Gasteiger partial charge in [0.25, 0.3) is 0 Å². The third kappa shape index (κ3) is 2.84. The average Bonchev–Trinajstić information content (AvgIpc) is 2.68. The van der Waals surface area contributed by atoms with Crippen LogP contribution >= 0.6 is 11.3 Å². The molecule has 2 rings (SSSR count). The van der Waals surface area contributed by atoms with Crippen molar-refractivity contribution in [2.45, 2.75) is 13.0 Å². The number of hydrogen-bond donors (Lipinski definition) is 1. The maximum absolute atomic E-state index is 4.39. The number of rotatable bonds is 4. The first-order chi connectivity index (χ1) is 7.38. The van der Waals surface area contributed by atoms with E-state index in [9.17, 15) is 0 Å². The standard InChI is InChI=1S/C11H13N3S/c1-12-7-10-8-14-11(15-10)6-9-2-4-13-5-3-9/h2-5,8,12H,6-7H2,1H3. The normalized spacial score (nSPS) is 10.5. The molecule has 2 heterocycles. The number of pyridine rings is 1. The van der Waals surface area contributed by atoms with Crippen LogP contribution in [0.1, 0.15) is 15.4 Å². The van der Waals surface area contributed by atoms with E-state index >= 15 is 0 Å². The van der Waals surface area contributed by atoms with E-state index in [0.717, 1.165) is 18.0 Å². The van der Waals surface area contributed by atoms with E-state index in [2.05, 4.69) is 15.3 Å². The van der Waals surface area contributed by atoms with Crippen LogP contribution in [0.3, 0.4) is 0 Å². The third-order valence-corrected chi connectivity index (χ3v) is 3.05. The minimum atomic E-state index is 0.897. The highest BCUT2D eigenvalue weighted by molar-refractivity contribution is 7.11. The zero-order chi connectivity index (χ0) is 10.5. The van der Waals surface area contributed by atoms with E-state index < -0.39 is 0 Å². The van der Waals surface area contributed by atoms with Crippen LogP contribution in [-0.2, 0) is 13.0 Å². The summed E-state index contributed by atoms with van der Waals surface area (Å²) in [5.41, 5.74) is 1.26. The summed E-state index contributed by atoms with van der Waals surface area (Å²) >= 11 is 1.76. The Morgan fingerprint density at radius 2 is 2.13 bits per heavy atom. The van der Waals surface area contributed by atoms with Gasteiger partial charge in [-0.15, -0.1) is 11.3 Å². The second kappa shape index (κ2) is 5.00. The van der Waals surface area contributed by atoms with Crippen LogP contribution in [0.15, 0.2) is 30.7 Å². The topological polar surface area (TPSA) is 37.8 Å². The fourth-order valence-electron chi connectivity index (χ4n) is 1.36. The van der Waals surface area contributed by atoms with Crippen molar-refractivity contribution in [2.24, 2.45) is 0 Å². The molecule has 0 aliphatic heterocycles. The molecule has 2 aromatic heterocycles.